The van der Waals surface area contributed by atoms with Gasteiger partial charge >= 0.3 is 0 Å². The van der Waals surface area contributed by atoms with Gasteiger partial charge in [-0.1, -0.05) is 36.4 Å². The number of aromatic nitrogens is 1. The molecule has 40 heavy (non-hydrogen) atoms. The lowest BCUT2D eigenvalue weighted by molar-refractivity contribution is 1.43. The van der Waals surface area contributed by atoms with Crippen LogP contribution in [0.5, 0.6) is 0 Å². The van der Waals surface area contributed by atoms with Crippen LogP contribution >= 0.6 is 22.7 Å². The van der Waals surface area contributed by atoms with Crippen molar-refractivity contribution in [3.8, 4) is 51.0 Å². The van der Waals surface area contributed by atoms with Gasteiger partial charge < -0.3 is 0 Å². The fourth-order valence-electron chi connectivity index (χ4n) is 5.02. The summed E-state index contributed by atoms with van der Waals surface area (Å²) in [5, 5.41) is 31.6. The minimum absolute atomic E-state index is 0.357. The summed E-state index contributed by atoms with van der Waals surface area (Å²) in [6.07, 6.45) is 0. The van der Waals surface area contributed by atoms with Crippen LogP contribution in [-0.2, 0) is 0 Å². The molecule has 184 valence electrons. The summed E-state index contributed by atoms with van der Waals surface area (Å²) in [6, 6.07) is 38.7. The van der Waals surface area contributed by atoms with Gasteiger partial charge in [0, 0.05) is 25.7 Å². The number of fused-ring (bicyclic) bond motifs is 4. The van der Waals surface area contributed by atoms with Crippen molar-refractivity contribution in [1.29, 1.82) is 15.8 Å². The monoisotopic (exact) mass is 544 g/mol. The molecule has 0 bridgehead atoms. The van der Waals surface area contributed by atoms with E-state index in [0.29, 0.717) is 16.7 Å². The minimum Gasteiger partial charge on any atom is -0.236 e. The van der Waals surface area contributed by atoms with E-state index in [9.17, 15) is 15.8 Å². The Morgan fingerprint density at radius 3 is 1.93 bits per heavy atom. The number of hydrogen-bond acceptors (Lipinski definition) is 6. The average molecular weight is 545 g/mol. The fraction of sp³-hybridized carbons (Fsp3) is 0. The summed E-state index contributed by atoms with van der Waals surface area (Å²) in [5.74, 6) is 0. The van der Waals surface area contributed by atoms with E-state index >= 15 is 0 Å². The van der Waals surface area contributed by atoms with Crippen LogP contribution in [0, 0.1) is 34.0 Å². The van der Waals surface area contributed by atoms with E-state index in [0.717, 1.165) is 57.8 Å². The van der Waals surface area contributed by atoms with E-state index in [4.69, 9.17) is 4.98 Å². The molecule has 2 aromatic heterocycles. The van der Waals surface area contributed by atoms with Crippen LogP contribution in [0.25, 0.3) is 63.2 Å². The van der Waals surface area contributed by atoms with Crippen molar-refractivity contribution < 1.29 is 0 Å². The molecule has 7 aromatic rings. The van der Waals surface area contributed by atoms with Gasteiger partial charge in [0.1, 0.15) is 17.1 Å². The lowest BCUT2D eigenvalue weighted by Gasteiger charge is -2.11. The number of benzene rings is 5. The SMILES string of the molecule is N#Cc1ccc2c(c1)sc1cc(-c3cc(-c4ccc(C#N)c(C#N)c4)cc(-c4nc5ccccc5s4)c3)ccc12. The first kappa shape index (κ1) is 23.8. The van der Waals surface area contributed by atoms with Crippen LogP contribution in [0.4, 0.5) is 0 Å². The standard InChI is InChI=1S/C34H16N4S2/c35-17-20-5-9-28-29-10-8-22(16-33(29)39-32(28)11-20)25-13-24(21-6-7-23(18-36)27(12-21)19-37)14-26(15-25)34-38-30-3-1-2-4-31(30)40-34/h1-16H. The summed E-state index contributed by atoms with van der Waals surface area (Å²) < 4.78 is 3.37. The van der Waals surface area contributed by atoms with Gasteiger partial charge in [-0.25, -0.2) is 4.98 Å². The van der Waals surface area contributed by atoms with E-state index in [-0.39, 0.29) is 0 Å². The van der Waals surface area contributed by atoms with Gasteiger partial charge in [-0.3, -0.25) is 0 Å². The second-order valence-electron chi connectivity index (χ2n) is 9.41. The molecule has 0 unspecified atom stereocenters. The Balaban J connectivity index is 1.43. The maximum atomic E-state index is 9.63. The third-order valence-corrected chi connectivity index (χ3v) is 9.20. The number of hydrogen-bond donors (Lipinski definition) is 0. The van der Waals surface area contributed by atoms with Gasteiger partial charge in [0.05, 0.1) is 33.0 Å². The Hall–Kier alpha value is -5.32. The molecule has 0 fully saturated rings. The quantitative estimate of drug-likeness (QED) is 0.222. The van der Waals surface area contributed by atoms with E-state index < -0.39 is 0 Å². The Morgan fingerprint density at radius 1 is 0.500 bits per heavy atom. The van der Waals surface area contributed by atoms with Gasteiger partial charge in [0.2, 0.25) is 0 Å². The minimum atomic E-state index is 0.357. The van der Waals surface area contributed by atoms with E-state index in [2.05, 4.69) is 60.7 Å². The first-order valence-corrected chi connectivity index (χ1v) is 14.1. The third kappa shape index (κ3) is 3.99. The zero-order valence-electron chi connectivity index (χ0n) is 20.8. The van der Waals surface area contributed by atoms with Crippen LogP contribution in [0.2, 0.25) is 0 Å². The molecule has 0 saturated heterocycles. The Labute approximate surface area is 237 Å². The molecule has 0 spiro atoms. The Morgan fingerprint density at radius 2 is 1.18 bits per heavy atom. The molecule has 0 atom stereocenters. The highest BCUT2D eigenvalue weighted by molar-refractivity contribution is 7.25. The van der Waals surface area contributed by atoms with Crippen molar-refractivity contribution >= 4 is 53.1 Å². The smallest absolute Gasteiger partial charge is 0.124 e. The zero-order chi connectivity index (χ0) is 27.2. The first-order valence-electron chi connectivity index (χ1n) is 12.5. The van der Waals surface area contributed by atoms with E-state index in [1.807, 2.05) is 42.5 Å². The van der Waals surface area contributed by atoms with Crippen LogP contribution in [-0.4, -0.2) is 4.98 Å². The van der Waals surface area contributed by atoms with E-state index in [1.54, 1.807) is 34.8 Å². The van der Waals surface area contributed by atoms with Crippen LogP contribution in [0.1, 0.15) is 16.7 Å². The number of para-hydroxylation sites is 1. The highest BCUT2D eigenvalue weighted by Crippen LogP contribution is 2.40. The molecular weight excluding hydrogens is 529 g/mol. The predicted octanol–water partition coefficient (Wildman–Crippen LogP) is 9.28. The summed E-state index contributed by atoms with van der Waals surface area (Å²) in [4.78, 5) is 4.91. The lowest BCUT2D eigenvalue weighted by atomic mass is 9.94. The Kier molecular flexibility index (Phi) is 5.62. The van der Waals surface area contributed by atoms with Crippen molar-refractivity contribution in [2.45, 2.75) is 0 Å². The highest BCUT2D eigenvalue weighted by atomic mass is 32.1. The lowest BCUT2D eigenvalue weighted by Crippen LogP contribution is -1.89. The third-order valence-electron chi connectivity index (χ3n) is 7.00. The van der Waals surface area contributed by atoms with Gasteiger partial charge in [-0.15, -0.1) is 22.7 Å². The summed E-state index contributed by atoms with van der Waals surface area (Å²) in [5.41, 5.74) is 7.25. The molecule has 6 heteroatoms. The number of rotatable bonds is 3. The zero-order valence-corrected chi connectivity index (χ0v) is 22.5. The van der Waals surface area contributed by atoms with Gasteiger partial charge in [-0.05, 0) is 82.9 Å². The average Bonchev–Trinajstić information content (AvgIpc) is 3.61. The Bertz CT molecular complexity index is 2240. The van der Waals surface area contributed by atoms with Gasteiger partial charge in [0.25, 0.3) is 0 Å². The number of thiophene rings is 1. The van der Waals surface area contributed by atoms with Gasteiger partial charge in [0.15, 0.2) is 0 Å². The number of nitrogens with zero attached hydrogens (tertiary/aromatic N) is 4. The molecular formula is C34H16N4S2. The van der Waals surface area contributed by atoms with Crippen LogP contribution in [0.3, 0.4) is 0 Å². The second kappa shape index (κ2) is 9.45. The molecule has 4 nitrogen and oxygen atoms in total. The normalized spacial score (nSPS) is 10.9. The maximum Gasteiger partial charge on any atom is 0.124 e. The predicted molar refractivity (Wildman–Crippen MR) is 163 cm³/mol. The molecule has 5 aromatic carbocycles. The maximum absolute atomic E-state index is 9.63. The van der Waals surface area contributed by atoms with E-state index in [1.165, 1.54) is 5.39 Å². The van der Waals surface area contributed by atoms with Crippen molar-refractivity contribution in [2.24, 2.45) is 0 Å². The molecule has 0 radical (unpaired) electrons. The number of thiazole rings is 1. The van der Waals surface area contributed by atoms with Crippen LogP contribution in [0.15, 0.2) is 97.1 Å². The topological polar surface area (TPSA) is 84.3 Å². The van der Waals surface area contributed by atoms with Crippen LogP contribution < -0.4 is 0 Å². The fourth-order valence-corrected chi connectivity index (χ4v) is 7.16. The summed E-state index contributed by atoms with van der Waals surface area (Å²) >= 11 is 3.34. The highest BCUT2D eigenvalue weighted by Gasteiger charge is 2.14. The molecule has 2 heterocycles. The molecule has 7 rings (SSSR count). The molecule has 0 amide bonds. The molecule has 0 N–H and O–H groups in total. The largest absolute Gasteiger partial charge is 0.236 e. The molecule has 0 aliphatic carbocycles. The molecule has 0 aliphatic heterocycles. The summed E-state index contributed by atoms with van der Waals surface area (Å²) in [6.45, 7) is 0. The van der Waals surface area contributed by atoms with Crippen molar-refractivity contribution in [2.75, 3.05) is 0 Å². The first-order chi connectivity index (χ1) is 19.6. The molecule has 0 aliphatic rings. The van der Waals surface area contributed by atoms with Crippen molar-refractivity contribution in [3.05, 3.63) is 114 Å². The molecule has 0 saturated carbocycles. The number of nitriles is 3. The van der Waals surface area contributed by atoms with Crippen molar-refractivity contribution in [1.82, 2.24) is 4.98 Å². The van der Waals surface area contributed by atoms with Crippen molar-refractivity contribution in [3.63, 3.8) is 0 Å². The second-order valence-corrected chi connectivity index (χ2v) is 11.5. The summed E-state index contributed by atoms with van der Waals surface area (Å²) in [7, 11) is 0. The van der Waals surface area contributed by atoms with Gasteiger partial charge in [-0.2, -0.15) is 15.8 Å².